The molecule has 2 rings (SSSR count). The molecule has 1 atom stereocenters. The van der Waals surface area contributed by atoms with E-state index in [2.05, 4.69) is 12.1 Å². The highest BCUT2D eigenvalue weighted by molar-refractivity contribution is 6.10. The van der Waals surface area contributed by atoms with E-state index in [1.165, 1.54) is 70.6 Å². The summed E-state index contributed by atoms with van der Waals surface area (Å²) in [7, 11) is 0. The Morgan fingerprint density at radius 2 is 1.50 bits per heavy atom. The largest absolute Gasteiger partial charge is 0.466 e. The predicted molar refractivity (Wildman–Crippen MR) is 140 cm³/mol. The second-order valence-corrected chi connectivity index (χ2v) is 9.38. The zero-order valence-corrected chi connectivity index (χ0v) is 21.4. The maximum Gasteiger partial charge on any atom is 0.309 e. The lowest BCUT2D eigenvalue weighted by atomic mass is 9.92. The normalized spacial score (nSPS) is 12.8. The van der Waals surface area contributed by atoms with Crippen molar-refractivity contribution >= 4 is 22.7 Å². The van der Waals surface area contributed by atoms with E-state index in [9.17, 15) is 10.0 Å². The highest BCUT2D eigenvalue weighted by Gasteiger charge is 2.24. The highest BCUT2D eigenvalue weighted by Crippen LogP contribution is 2.26. The van der Waals surface area contributed by atoms with Crippen LogP contribution in [0.1, 0.15) is 116 Å². The number of para-hydroxylation sites is 1. The molecule has 0 amide bonds. The van der Waals surface area contributed by atoms with Crippen LogP contribution in [0, 0.1) is 5.92 Å². The maximum atomic E-state index is 12.6. The lowest BCUT2D eigenvalue weighted by molar-refractivity contribution is -0.148. The van der Waals surface area contributed by atoms with Crippen LogP contribution in [0.2, 0.25) is 0 Å². The minimum Gasteiger partial charge on any atom is -0.466 e. The molecule has 0 aliphatic carbocycles. The van der Waals surface area contributed by atoms with Gasteiger partial charge in [-0.2, -0.15) is 0 Å². The summed E-state index contributed by atoms with van der Waals surface area (Å²) in [5, 5.41) is 14.1. The lowest BCUT2D eigenvalue weighted by Crippen LogP contribution is -2.21. The molecule has 0 spiro atoms. The van der Waals surface area contributed by atoms with Crippen molar-refractivity contribution in [2.24, 2.45) is 11.1 Å². The molecule has 0 saturated carbocycles. The number of furan rings is 1. The van der Waals surface area contributed by atoms with Gasteiger partial charge >= 0.3 is 5.97 Å². The van der Waals surface area contributed by atoms with Crippen LogP contribution in [0.15, 0.2) is 40.1 Å². The van der Waals surface area contributed by atoms with E-state index in [4.69, 9.17) is 9.15 Å². The molecular weight excluding hydrogens is 426 g/mol. The number of nitrogens with zero attached hydrogens (tertiary/aromatic N) is 1. The monoisotopic (exact) mass is 471 g/mol. The fourth-order valence-electron chi connectivity index (χ4n) is 4.61. The van der Waals surface area contributed by atoms with Crippen LogP contribution in [-0.2, 0) is 9.53 Å². The standard InChI is InChI=1S/C29H45NO4/c1-3-5-6-7-8-9-10-11-12-13-14-15-16-19-24(29(31)33-4-2)22-27(30-32)26-23-34-28-21-18-17-20-25(26)28/h17-18,20-21,23-24,32H,3-16,19,22H2,1-2H3. The molecule has 0 bridgehead atoms. The van der Waals surface area contributed by atoms with Crippen molar-refractivity contribution in [3.05, 3.63) is 36.1 Å². The molecule has 5 nitrogen and oxygen atoms in total. The molecule has 1 heterocycles. The van der Waals surface area contributed by atoms with Crippen LogP contribution in [-0.4, -0.2) is 23.5 Å². The van der Waals surface area contributed by atoms with E-state index in [1.807, 2.05) is 31.2 Å². The molecule has 1 unspecified atom stereocenters. The summed E-state index contributed by atoms with van der Waals surface area (Å²) in [6.07, 6.45) is 19.5. The third-order valence-corrected chi connectivity index (χ3v) is 6.63. The highest BCUT2D eigenvalue weighted by atomic mass is 16.5. The zero-order chi connectivity index (χ0) is 24.4. The topological polar surface area (TPSA) is 72.0 Å². The minimum absolute atomic E-state index is 0.213. The van der Waals surface area contributed by atoms with Gasteiger partial charge in [-0.1, -0.05) is 114 Å². The van der Waals surface area contributed by atoms with E-state index in [-0.39, 0.29) is 11.9 Å². The lowest BCUT2D eigenvalue weighted by Gasteiger charge is -2.16. The average Bonchev–Trinajstić information content (AvgIpc) is 3.28. The van der Waals surface area contributed by atoms with Gasteiger partial charge in [0.1, 0.15) is 11.8 Å². The number of hydrogen-bond donors (Lipinski definition) is 1. The van der Waals surface area contributed by atoms with E-state index >= 15 is 0 Å². The smallest absolute Gasteiger partial charge is 0.309 e. The molecular formula is C29H45NO4. The number of benzene rings is 1. The van der Waals surface area contributed by atoms with Crippen molar-refractivity contribution < 1.29 is 19.2 Å². The van der Waals surface area contributed by atoms with Gasteiger partial charge in [-0.25, -0.2) is 0 Å². The summed E-state index contributed by atoms with van der Waals surface area (Å²) in [5.41, 5.74) is 1.94. The Bertz CT molecular complexity index is 842. The zero-order valence-electron chi connectivity index (χ0n) is 21.4. The van der Waals surface area contributed by atoms with E-state index in [0.29, 0.717) is 18.7 Å². The van der Waals surface area contributed by atoms with Gasteiger partial charge in [-0.3, -0.25) is 4.79 Å². The van der Waals surface area contributed by atoms with Gasteiger partial charge in [0.25, 0.3) is 0 Å². The van der Waals surface area contributed by atoms with Gasteiger partial charge < -0.3 is 14.4 Å². The van der Waals surface area contributed by atoms with Crippen LogP contribution in [0.25, 0.3) is 11.0 Å². The van der Waals surface area contributed by atoms with Crippen LogP contribution in [0.5, 0.6) is 0 Å². The van der Waals surface area contributed by atoms with Crippen molar-refractivity contribution in [3.8, 4) is 0 Å². The second-order valence-electron chi connectivity index (χ2n) is 9.38. The summed E-state index contributed by atoms with van der Waals surface area (Å²) in [4.78, 5) is 12.6. The third kappa shape index (κ3) is 9.90. The van der Waals surface area contributed by atoms with E-state index < -0.39 is 0 Å². The molecule has 2 aromatic rings. The molecule has 190 valence electrons. The van der Waals surface area contributed by atoms with Crippen molar-refractivity contribution in [1.82, 2.24) is 0 Å². The molecule has 0 aliphatic rings. The molecule has 1 N–H and O–H groups in total. The van der Waals surface area contributed by atoms with Gasteiger partial charge in [0.05, 0.1) is 18.2 Å². The second kappa shape index (κ2) is 17.2. The van der Waals surface area contributed by atoms with Gasteiger partial charge in [-0.15, -0.1) is 0 Å². The first kappa shape index (κ1) is 27.9. The Balaban J connectivity index is 1.71. The Kier molecular flexibility index (Phi) is 14.1. The van der Waals surface area contributed by atoms with Crippen molar-refractivity contribution in [2.45, 2.75) is 110 Å². The van der Waals surface area contributed by atoms with Crippen LogP contribution in [0.3, 0.4) is 0 Å². The molecule has 0 radical (unpaired) electrons. The Labute approximate surface area is 205 Å². The van der Waals surface area contributed by atoms with E-state index in [0.717, 1.165) is 35.8 Å². The molecule has 0 aliphatic heterocycles. The molecule has 34 heavy (non-hydrogen) atoms. The minimum atomic E-state index is -0.313. The number of oxime groups is 1. The number of hydrogen-bond acceptors (Lipinski definition) is 5. The predicted octanol–water partition coefficient (Wildman–Crippen LogP) is 8.66. The number of carbonyl (C=O) groups is 1. The third-order valence-electron chi connectivity index (χ3n) is 6.63. The fraction of sp³-hybridized carbons (Fsp3) is 0.655. The van der Waals surface area contributed by atoms with Crippen LogP contribution >= 0.6 is 0 Å². The SMILES string of the molecule is CCCCCCCCCCCCCCCC(CC(=NO)c1coc2ccccc12)C(=O)OCC. The van der Waals surface area contributed by atoms with Gasteiger partial charge in [0.15, 0.2) is 0 Å². The maximum absolute atomic E-state index is 12.6. The first-order valence-electron chi connectivity index (χ1n) is 13.5. The van der Waals surface area contributed by atoms with Gasteiger partial charge in [0.2, 0.25) is 0 Å². The molecule has 5 heteroatoms. The summed E-state index contributed by atoms with van der Waals surface area (Å²) in [5.74, 6) is -0.525. The molecule has 0 fully saturated rings. The number of ether oxygens (including phenoxy) is 1. The summed E-state index contributed by atoms with van der Waals surface area (Å²) >= 11 is 0. The van der Waals surface area contributed by atoms with Gasteiger partial charge in [-0.05, 0) is 19.4 Å². The average molecular weight is 472 g/mol. The summed E-state index contributed by atoms with van der Waals surface area (Å²) < 4.78 is 10.9. The number of carbonyl (C=O) groups excluding carboxylic acids is 1. The number of unbranched alkanes of at least 4 members (excludes halogenated alkanes) is 12. The number of fused-ring (bicyclic) bond motifs is 1. The van der Waals surface area contributed by atoms with Gasteiger partial charge in [0, 0.05) is 17.4 Å². The Hall–Kier alpha value is -2.30. The summed E-state index contributed by atoms with van der Waals surface area (Å²) in [6, 6.07) is 7.64. The van der Waals surface area contributed by atoms with Crippen molar-refractivity contribution in [1.29, 1.82) is 0 Å². The molecule has 1 aromatic carbocycles. The quantitative estimate of drug-likeness (QED) is 0.0731. The Morgan fingerprint density at radius 3 is 2.09 bits per heavy atom. The molecule has 1 aromatic heterocycles. The van der Waals surface area contributed by atoms with Crippen LogP contribution in [0.4, 0.5) is 0 Å². The van der Waals surface area contributed by atoms with E-state index in [1.54, 1.807) is 6.26 Å². The first-order chi connectivity index (χ1) is 16.7. The van der Waals surface area contributed by atoms with Crippen molar-refractivity contribution in [3.63, 3.8) is 0 Å². The summed E-state index contributed by atoms with van der Waals surface area (Å²) in [6.45, 7) is 4.44. The molecule has 0 saturated heterocycles. The number of esters is 1. The number of rotatable bonds is 19. The first-order valence-corrected chi connectivity index (χ1v) is 13.5. The fourth-order valence-corrected chi connectivity index (χ4v) is 4.61. The van der Waals surface area contributed by atoms with Crippen molar-refractivity contribution in [2.75, 3.05) is 6.61 Å². The van der Waals surface area contributed by atoms with Crippen LogP contribution < -0.4 is 0 Å². The Morgan fingerprint density at radius 1 is 0.912 bits per heavy atom.